The molecule has 0 radical (unpaired) electrons. The van der Waals surface area contributed by atoms with E-state index in [0.717, 1.165) is 35.0 Å². The van der Waals surface area contributed by atoms with Gasteiger partial charge < -0.3 is 14.5 Å². The van der Waals surface area contributed by atoms with Crippen LogP contribution < -0.4 is 15.0 Å². The van der Waals surface area contributed by atoms with Crippen molar-refractivity contribution in [3.05, 3.63) is 50.4 Å². The van der Waals surface area contributed by atoms with Crippen molar-refractivity contribution >= 4 is 33.7 Å². The van der Waals surface area contributed by atoms with Gasteiger partial charge in [0.15, 0.2) is 11.5 Å². The van der Waals surface area contributed by atoms with Crippen LogP contribution >= 0.6 is 11.3 Å². The number of aromatic amines is 1. The molecule has 0 fully saturated rings. The maximum absolute atomic E-state index is 12.6. The van der Waals surface area contributed by atoms with E-state index in [2.05, 4.69) is 9.97 Å². The number of aromatic nitrogens is 2. The third-order valence-corrected chi connectivity index (χ3v) is 5.88. The van der Waals surface area contributed by atoms with Gasteiger partial charge >= 0.3 is 0 Å². The van der Waals surface area contributed by atoms with Crippen molar-refractivity contribution < 1.29 is 9.47 Å². The van der Waals surface area contributed by atoms with Crippen LogP contribution in [-0.4, -0.2) is 24.2 Å². The number of para-hydroxylation sites is 1. The van der Waals surface area contributed by atoms with Gasteiger partial charge in [-0.3, -0.25) is 4.79 Å². The summed E-state index contributed by atoms with van der Waals surface area (Å²) in [7, 11) is 3.22. The molecule has 2 heterocycles. The quantitative estimate of drug-likeness (QED) is 0.754. The summed E-state index contributed by atoms with van der Waals surface area (Å²) in [6.07, 6.45) is 8.06. The van der Waals surface area contributed by atoms with Crippen molar-refractivity contribution in [1.82, 2.24) is 9.97 Å². The first-order chi connectivity index (χ1) is 12.7. The Bertz CT molecular complexity index is 1050. The fourth-order valence-corrected chi connectivity index (χ4v) is 4.74. The van der Waals surface area contributed by atoms with Gasteiger partial charge in [-0.1, -0.05) is 12.1 Å². The van der Waals surface area contributed by atoms with Crippen LogP contribution in [0, 0.1) is 0 Å². The minimum absolute atomic E-state index is 0.0494. The van der Waals surface area contributed by atoms with Gasteiger partial charge in [0.05, 0.1) is 19.6 Å². The lowest BCUT2D eigenvalue weighted by molar-refractivity contribution is 0.354. The first kappa shape index (κ1) is 16.8. The summed E-state index contributed by atoms with van der Waals surface area (Å²) in [5.74, 6) is 1.87. The summed E-state index contributed by atoms with van der Waals surface area (Å²) in [6, 6.07) is 5.67. The SMILES string of the molecule is COc1cccc(/C=C/c2nc3sc4c(c3c(=O)[nH]2)CCCC4)c1OC. The van der Waals surface area contributed by atoms with Crippen molar-refractivity contribution in [2.24, 2.45) is 0 Å². The molecule has 4 rings (SSSR count). The highest BCUT2D eigenvalue weighted by atomic mass is 32.1. The van der Waals surface area contributed by atoms with Crippen molar-refractivity contribution in [3.63, 3.8) is 0 Å². The summed E-state index contributed by atoms with van der Waals surface area (Å²) in [5, 5.41) is 0.779. The molecular formula is C20H20N2O3S. The Morgan fingerprint density at radius 1 is 1.15 bits per heavy atom. The average molecular weight is 368 g/mol. The summed E-state index contributed by atoms with van der Waals surface area (Å²) in [4.78, 5) is 22.3. The van der Waals surface area contributed by atoms with Crippen LogP contribution in [0.3, 0.4) is 0 Å². The fraction of sp³-hybridized carbons (Fsp3) is 0.300. The predicted octanol–water partition coefficient (Wildman–Crippen LogP) is 4.05. The number of benzene rings is 1. The van der Waals surface area contributed by atoms with Gasteiger partial charge in [0.25, 0.3) is 5.56 Å². The van der Waals surface area contributed by atoms with Gasteiger partial charge in [0.2, 0.25) is 0 Å². The molecule has 5 nitrogen and oxygen atoms in total. The third-order valence-electron chi connectivity index (χ3n) is 4.70. The van der Waals surface area contributed by atoms with Gasteiger partial charge in [-0.2, -0.15) is 0 Å². The van der Waals surface area contributed by atoms with Crippen LogP contribution in [0.15, 0.2) is 23.0 Å². The van der Waals surface area contributed by atoms with Crippen molar-refractivity contribution in [1.29, 1.82) is 0 Å². The Labute approximate surface area is 155 Å². The minimum Gasteiger partial charge on any atom is -0.493 e. The first-order valence-electron chi connectivity index (χ1n) is 8.65. The van der Waals surface area contributed by atoms with Crippen LogP contribution in [0.1, 0.15) is 34.7 Å². The lowest BCUT2D eigenvalue weighted by Gasteiger charge is -2.10. The van der Waals surface area contributed by atoms with Gasteiger partial charge in [0, 0.05) is 10.4 Å². The Morgan fingerprint density at radius 3 is 2.81 bits per heavy atom. The number of methoxy groups -OCH3 is 2. The fourth-order valence-electron chi connectivity index (χ4n) is 3.47. The van der Waals surface area contributed by atoms with Crippen molar-refractivity contribution in [3.8, 4) is 11.5 Å². The molecule has 1 aromatic carbocycles. The second-order valence-electron chi connectivity index (χ2n) is 6.26. The first-order valence-corrected chi connectivity index (χ1v) is 9.46. The molecule has 2 aromatic heterocycles. The highest BCUT2D eigenvalue weighted by Crippen LogP contribution is 2.34. The van der Waals surface area contributed by atoms with E-state index in [-0.39, 0.29) is 5.56 Å². The topological polar surface area (TPSA) is 64.2 Å². The Morgan fingerprint density at radius 2 is 2.00 bits per heavy atom. The second kappa shape index (κ2) is 6.96. The van der Waals surface area contributed by atoms with Gasteiger partial charge in [-0.15, -0.1) is 11.3 Å². The van der Waals surface area contributed by atoms with Crippen LogP contribution in [0.4, 0.5) is 0 Å². The number of fused-ring (bicyclic) bond motifs is 3. The van der Waals surface area contributed by atoms with E-state index in [1.807, 2.05) is 24.3 Å². The van der Waals surface area contributed by atoms with Crippen molar-refractivity contribution in [2.45, 2.75) is 25.7 Å². The van der Waals surface area contributed by atoms with Gasteiger partial charge in [0.1, 0.15) is 10.7 Å². The molecule has 0 atom stereocenters. The molecule has 0 spiro atoms. The average Bonchev–Trinajstić information content (AvgIpc) is 3.04. The number of H-pyrrole nitrogens is 1. The number of aryl methyl sites for hydroxylation is 2. The largest absolute Gasteiger partial charge is 0.493 e. The zero-order valence-electron chi connectivity index (χ0n) is 14.8. The monoisotopic (exact) mass is 368 g/mol. The number of hydrogen-bond donors (Lipinski definition) is 1. The highest BCUT2D eigenvalue weighted by molar-refractivity contribution is 7.18. The molecule has 1 aliphatic rings. The summed E-state index contributed by atoms with van der Waals surface area (Å²) >= 11 is 1.65. The number of hydrogen-bond acceptors (Lipinski definition) is 5. The second-order valence-corrected chi connectivity index (χ2v) is 7.34. The van der Waals surface area contributed by atoms with E-state index in [9.17, 15) is 4.79 Å². The van der Waals surface area contributed by atoms with E-state index in [1.54, 1.807) is 31.6 Å². The van der Waals surface area contributed by atoms with Crippen LogP contribution in [-0.2, 0) is 12.8 Å². The van der Waals surface area contributed by atoms with Crippen LogP contribution in [0.2, 0.25) is 0 Å². The molecule has 0 bridgehead atoms. The molecule has 26 heavy (non-hydrogen) atoms. The summed E-state index contributed by atoms with van der Waals surface area (Å²) in [5.41, 5.74) is 2.02. The maximum Gasteiger partial charge on any atom is 0.260 e. The molecule has 1 aliphatic carbocycles. The summed E-state index contributed by atoms with van der Waals surface area (Å²) in [6.45, 7) is 0. The van der Waals surface area contributed by atoms with E-state index in [1.165, 1.54) is 16.9 Å². The normalized spacial score (nSPS) is 13.9. The third kappa shape index (κ3) is 2.90. The van der Waals surface area contributed by atoms with E-state index >= 15 is 0 Å². The minimum atomic E-state index is -0.0494. The number of nitrogens with one attached hydrogen (secondary N) is 1. The Hall–Kier alpha value is -2.60. The Balaban J connectivity index is 1.74. The molecule has 134 valence electrons. The highest BCUT2D eigenvalue weighted by Gasteiger charge is 2.19. The number of nitrogens with zero attached hydrogens (tertiary/aromatic N) is 1. The van der Waals surface area contributed by atoms with E-state index in [4.69, 9.17) is 9.47 Å². The van der Waals surface area contributed by atoms with E-state index in [0.29, 0.717) is 17.3 Å². The smallest absolute Gasteiger partial charge is 0.260 e. The molecule has 3 aromatic rings. The zero-order valence-corrected chi connectivity index (χ0v) is 15.6. The lowest BCUT2D eigenvalue weighted by atomic mass is 9.97. The number of ether oxygens (including phenoxy) is 2. The Kier molecular flexibility index (Phi) is 4.51. The van der Waals surface area contributed by atoms with Crippen molar-refractivity contribution in [2.75, 3.05) is 14.2 Å². The van der Waals surface area contributed by atoms with E-state index < -0.39 is 0 Å². The molecule has 0 aliphatic heterocycles. The molecule has 1 N–H and O–H groups in total. The zero-order chi connectivity index (χ0) is 18.1. The van der Waals surface area contributed by atoms with Crippen LogP contribution in [0.25, 0.3) is 22.4 Å². The molecule has 0 amide bonds. The number of rotatable bonds is 4. The number of thiophene rings is 1. The van der Waals surface area contributed by atoms with Gasteiger partial charge in [-0.25, -0.2) is 4.98 Å². The molecule has 0 saturated carbocycles. The molecule has 0 unspecified atom stereocenters. The molecular weight excluding hydrogens is 348 g/mol. The summed E-state index contributed by atoms with van der Waals surface area (Å²) < 4.78 is 10.8. The van der Waals surface area contributed by atoms with Crippen LogP contribution in [0.5, 0.6) is 11.5 Å². The lowest BCUT2D eigenvalue weighted by Crippen LogP contribution is -2.11. The van der Waals surface area contributed by atoms with Gasteiger partial charge in [-0.05, 0) is 49.5 Å². The maximum atomic E-state index is 12.6. The molecule has 0 saturated heterocycles. The standard InChI is InChI=1S/C20H20N2O3S/c1-24-14-8-5-6-12(18(14)25-2)10-11-16-21-19(23)17-13-7-3-4-9-15(13)26-20(17)22-16/h5-6,8,10-11H,3-4,7,9H2,1-2H3,(H,21,22,23)/b11-10+. The molecule has 6 heteroatoms. The predicted molar refractivity (Wildman–Crippen MR) is 105 cm³/mol.